The summed E-state index contributed by atoms with van der Waals surface area (Å²) in [7, 11) is 1.65. The van der Waals surface area contributed by atoms with Gasteiger partial charge in [-0.1, -0.05) is 30.8 Å². The number of benzene rings is 1. The van der Waals surface area contributed by atoms with Crippen LogP contribution in [0.15, 0.2) is 23.4 Å². The average Bonchev–Trinajstić information content (AvgIpc) is 3.04. The molecule has 21 heavy (non-hydrogen) atoms. The lowest BCUT2D eigenvalue weighted by Crippen LogP contribution is -2.19. The predicted molar refractivity (Wildman–Crippen MR) is 83.8 cm³/mol. The Morgan fingerprint density at radius 3 is 2.86 bits per heavy atom. The summed E-state index contributed by atoms with van der Waals surface area (Å²) in [6.45, 7) is 1.74. The van der Waals surface area contributed by atoms with Gasteiger partial charge in [-0.2, -0.15) is 0 Å². The van der Waals surface area contributed by atoms with Crippen molar-refractivity contribution in [3.8, 4) is 5.75 Å². The number of nitrogens with one attached hydrogen (secondary N) is 1. The maximum atomic E-state index is 8.76. The van der Waals surface area contributed by atoms with Crippen molar-refractivity contribution in [3.05, 3.63) is 29.3 Å². The van der Waals surface area contributed by atoms with Crippen LogP contribution < -0.4 is 15.8 Å². The molecular formula is C16H25N3O2. The average molecular weight is 291 g/mol. The molecule has 1 fully saturated rings. The minimum atomic E-state index is 0.116. The molecule has 0 heterocycles. The zero-order valence-corrected chi connectivity index (χ0v) is 12.6. The highest BCUT2D eigenvalue weighted by atomic mass is 16.5. The van der Waals surface area contributed by atoms with E-state index in [9.17, 15) is 0 Å². The van der Waals surface area contributed by atoms with E-state index >= 15 is 0 Å². The third kappa shape index (κ3) is 4.36. The molecule has 0 bridgehead atoms. The standard InChI is InChI=1S/C16H25N3O2/c1-21-15-7-6-13(16(17)19-20)10-14(15)11-18-9-8-12-4-2-3-5-12/h6-7,10,12,18,20H,2-5,8-9,11H2,1H3,(H2,17,19). The van der Waals surface area contributed by atoms with Gasteiger partial charge in [0.1, 0.15) is 5.75 Å². The number of hydrogen-bond acceptors (Lipinski definition) is 4. The SMILES string of the molecule is COc1ccc(/C(N)=N/O)cc1CNCCC1CCCC1. The largest absolute Gasteiger partial charge is 0.496 e. The lowest BCUT2D eigenvalue weighted by atomic mass is 10.0. The fourth-order valence-corrected chi connectivity index (χ4v) is 2.96. The van der Waals surface area contributed by atoms with Crippen molar-refractivity contribution in [1.29, 1.82) is 0 Å². The van der Waals surface area contributed by atoms with E-state index in [0.29, 0.717) is 5.56 Å². The Morgan fingerprint density at radius 1 is 1.43 bits per heavy atom. The van der Waals surface area contributed by atoms with E-state index in [1.807, 2.05) is 12.1 Å². The van der Waals surface area contributed by atoms with Gasteiger partial charge in [0.25, 0.3) is 0 Å². The molecule has 0 radical (unpaired) electrons. The lowest BCUT2D eigenvalue weighted by Gasteiger charge is -2.13. The van der Waals surface area contributed by atoms with Gasteiger partial charge in [0.05, 0.1) is 7.11 Å². The fraction of sp³-hybridized carbons (Fsp3) is 0.562. The van der Waals surface area contributed by atoms with Crippen molar-refractivity contribution in [2.45, 2.75) is 38.6 Å². The molecule has 1 aliphatic carbocycles. The van der Waals surface area contributed by atoms with E-state index in [0.717, 1.165) is 30.3 Å². The number of oxime groups is 1. The van der Waals surface area contributed by atoms with Crippen LogP contribution in [0.4, 0.5) is 0 Å². The third-order valence-electron chi connectivity index (χ3n) is 4.20. The first-order chi connectivity index (χ1) is 10.2. The lowest BCUT2D eigenvalue weighted by molar-refractivity contribution is 0.318. The van der Waals surface area contributed by atoms with Crippen LogP contribution in [-0.2, 0) is 6.54 Å². The number of methoxy groups -OCH3 is 1. The minimum absolute atomic E-state index is 0.116. The highest BCUT2D eigenvalue weighted by Gasteiger charge is 2.14. The number of rotatable bonds is 7. The van der Waals surface area contributed by atoms with Gasteiger partial charge in [-0.3, -0.25) is 0 Å². The zero-order chi connectivity index (χ0) is 15.1. The normalized spacial score (nSPS) is 16.3. The van der Waals surface area contributed by atoms with Crippen LogP contribution in [0.3, 0.4) is 0 Å². The summed E-state index contributed by atoms with van der Waals surface area (Å²) in [4.78, 5) is 0. The number of hydrogen-bond donors (Lipinski definition) is 3. The number of nitrogens with two attached hydrogens (primary N) is 1. The summed E-state index contributed by atoms with van der Waals surface area (Å²) < 4.78 is 5.36. The second-order valence-electron chi connectivity index (χ2n) is 5.63. The van der Waals surface area contributed by atoms with E-state index in [2.05, 4.69) is 10.5 Å². The molecule has 2 rings (SSSR count). The van der Waals surface area contributed by atoms with Crippen LogP contribution in [0.5, 0.6) is 5.75 Å². The van der Waals surface area contributed by atoms with Crippen molar-refractivity contribution in [1.82, 2.24) is 5.32 Å². The summed E-state index contributed by atoms with van der Waals surface area (Å²) in [5.41, 5.74) is 7.35. The van der Waals surface area contributed by atoms with Crippen molar-refractivity contribution >= 4 is 5.84 Å². The smallest absolute Gasteiger partial charge is 0.170 e. The maximum Gasteiger partial charge on any atom is 0.170 e. The first-order valence-electron chi connectivity index (χ1n) is 7.60. The first-order valence-corrected chi connectivity index (χ1v) is 7.60. The Labute approximate surface area is 126 Å². The van der Waals surface area contributed by atoms with Gasteiger partial charge < -0.3 is 21.0 Å². The number of nitrogens with zero attached hydrogens (tertiary/aromatic N) is 1. The fourth-order valence-electron chi connectivity index (χ4n) is 2.96. The highest BCUT2D eigenvalue weighted by molar-refractivity contribution is 5.97. The van der Waals surface area contributed by atoms with E-state index < -0.39 is 0 Å². The molecule has 0 amide bonds. The summed E-state index contributed by atoms with van der Waals surface area (Å²) >= 11 is 0. The van der Waals surface area contributed by atoms with Crippen molar-refractivity contribution < 1.29 is 9.94 Å². The van der Waals surface area contributed by atoms with Gasteiger partial charge in [0.2, 0.25) is 0 Å². The molecule has 1 aromatic rings. The van der Waals surface area contributed by atoms with Crippen LogP contribution in [0, 0.1) is 5.92 Å². The molecular weight excluding hydrogens is 266 g/mol. The molecule has 5 nitrogen and oxygen atoms in total. The van der Waals surface area contributed by atoms with Crippen molar-refractivity contribution in [2.75, 3.05) is 13.7 Å². The first kappa shape index (κ1) is 15.6. The molecule has 0 spiro atoms. The van der Waals surface area contributed by atoms with Crippen molar-refractivity contribution in [3.63, 3.8) is 0 Å². The molecule has 0 unspecified atom stereocenters. The molecule has 0 aromatic heterocycles. The Morgan fingerprint density at radius 2 is 2.19 bits per heavy atom. The van der Waals surface area contributed by atoms with Crippen LogP contribution in [-0.4, -0.2) is 24.7 Å². The van der Waals surface area contributed by atoms with Crippen LogP contribution in [0.2, 0.25) is 0 Å². The molecule has 5 heteroatoms. The topological polar surface area (TPSA) is 79.9 Å². The second kappa shape index (κ2) is 7.88. The molecule has 0 aliphatic heterocycles. The second-order valence-corrected chi connectivity index (χ2v) is 5.63. The molecule has 1 saturated carbocycles. The maximum absolute atomic E-state index is 8.76. The van der Waals surface area contributed by atoms with E-state index in [4.69, 9.17) is 15.7 Å². The van der Waals surface area contributed by atoms with Gasteiger partial charge in [-0.05, 0) is 37.1 Å². The van der Waals surface area contributed by atoms with Crippen LogP contribution >= 0.6 is 0 Å². The molecule has 1 aliphatic rings. The third-order valence-corrected chi connectivity index (χ3v) is 4.20. The Hall–Kier alpha value is -1.75. The van der Waals surface area contributed by atoms with E-state index in [1.165, 1.54) is 32.1 Å². The Balaban J connectivity index is 1.90. The molecule has 4 N–H and O–H groups in total. The van der Waals surface area contributed by atoms with Gasteiger partial charge in [-0.25, -0.2) is 0 Å². The molecule has 116 valence electrons. The van der Waals surface area contributed by atoms with Crippen LogP contribution in [0.25, 0.3) is 0 Å². The molecule has 1 aromatic carbocycles. The summed E-state index contributed by atoms with van der Waals surface area (Å²) in [5, 5.41) is 15.3. The summed E-state index contributed by atoms with van der Waals surface area (Å²) in [5.74, 6) is 1.82. The van der Waals surface area contributed by atoms with Gasteiger partial charge >= 0.3 is 0 Å². The minimum Gasteiger partial charge on any atom is -0.496 e. The Kier molecular flexibility index (Phi) is 5.87. The van der Waals surface area contributed by atoms with E-state index in [-0.39, 0.29) is 5.84 Å². The summed E-state index contributed by atoms with van der Waals surface area (Å²) in [6, 6.07) is 5.54. The van der Waals surface area contributed by atoms with Gasteiger partial charge in [0.15, 0.2) is 5.84 Å². The molecule has 0 atom stereocenters. The quantitative estimate of drug-likeness (QED) is 0.237. The predicted octanol–water partition coefficient (Wildman–Crippen LogP) is 2.46. The van der Waals surface area contributed by atoms with Crippen LogP contribution in [0.1, 0.15) is 43.2 Å². The van der Waals surface area contributed by atoms with E-state index in [1.54, 1.807) is 13.2 Å². The number of ether oxygens (including phenoxy) is 1. The van der Waals surface area contributed by atoms with Gasteiger partial charge in [-0.15, -0.1) is 0 Å². The van der Waals surface area contributed by atoms with Gasteiger partial charge in [0, 0.05) is 17.7 Å². The highest BCUT2D eigenvalue weighted by Crippen LogP contribution is 2.27. The zero-order valence-electron chi connectivity index (χ0n) is 12.6. The van der Waals surface area contributed by atoms with Crippen molar-refractivity contribution in [2.24, 2.45) is 16.8 Å². The summed E-state index contributed by atoms with van der Waals surface area (Å²) in [6.07, 6.45) is 6.77. The monoisotopic (exact) mass is 291 g/mol. The molecule has 0 saturated heterocycles. The number of amidine groups is 1. The Bertz CT molecular complexity index is 482.